The van der Waals surface area contributed by atoms with Gasteiger partial charge in [0.15, 0.2) is 0 Å². The zero-order valence-electron chi connectivity index (χ0n) is 9.42. The molecule has 94 valence electrons. The lowest BCUT2D eigenvalue weighted by Crippen LogP contribution is -2.28. The van der Waals surface area contributed by atoms with Gasteiger partial charge in [-0.15, -0.1) is 0 Å². The molecule has 0 saturated heterocycles. The van der Waals surface area contributed by atoms with Gasteiger partial charge >= 0.3 is 0 Å². The van der Waals surface area contributed by atoms with Gasteiger partial charge in [0.2, 0.25) is 5.91 Å². The Balaban J connectivity index is 2.21. The molecule has 0 radical (unpaired) electrons. The van der Waals surface area contributed by atoms with E-state index in [-0.39, 0.29) is 5.91 Å². The second-order valence-electron chi connectivity index (χ2n) is 3.46. The molecule has 1 rings (SSSR count). The van der Waals surface area contributed by atoms with E-state index in [0.717, 1.165) is 15.4 Å². The van der Waals surface area contributed by atoms with Gasteiger partial charge in [-0.3, -0.25) is 4.79 Å². The van der Waals surface area contributed by atoms with E-state index in [1.54, 1.807) is 0 Å². The van der Waals surface area contributed by atoms with Crippen LogP contribution in [0.5, 0.6) is 0 Å². The molecule has 0 saturated carbocycles. The van der Waals surface area contributed by atoms with Gasteiger partial charge in [0.1, 0.15) is 0 Å². The second kappa shape index (κ2) is 8.66. The summed E-state index contributed by atoms with van der Waals surface area (Å²) >= 11 is 6.64. The number of hydrogen-bond acceptors (Lipinski definition) is 2. The van der Waals surface area contributed by atoms with Crippen LogP contribution in [0.1, 0.15) is 5.56 Å². The summed E-state index contributed by atoms with van der Waals surface area (Å²) in [5.74, 6) is 0.0190. The van der Waals surface area contributed by atoms with Crippen LogP contribution in [-0.2, 0) is 16.0 Å². The van der Waals surface area contributed by atoms with Gasteiger partial charge in [-0.2, -0.15) is 0 Å². The summed E-state index contributed by atoms with van der Waals surface area (Å²) in [4.78, 5) is 11.6. The zero-order chi connectivity index (χ0) is 12.5. The van der Waals surface area contributed by atoms with Crippen LogP contribution in [0.15, 0.2) is 28.7 Å². The minimum Gasteiger partial charge on any atom is -0.379 e. The van der Waals surface area contributed by atoms with E-state index in [9.17, 15) is 4.79 Å². The van der Waals surface area contributed by atoms with Crippen LogP contribution in [0.25, 0.3) is 0 Å². The number of carbonyl (C=O) groups is 1. The number of halogens is 2. The Labute approximate surface area is 118 Å². The lowest BCUT2D eigenvalue weighted by atomic mass is 10.1. The summed E-state index contributed by atoms with van der Waals surface area (Å²) in [5.41, 5.74) is 0.998. The molecular formula is C12H15Br2NO2. The SMILES string of the molecule is O=C(Cc1cccc(Br)c1)NCCOCCBr. The third-order valence-corrected chi connectivity index (χ3v) is 2.86. The topological polar surface area (TPSA) is 38.3 Å². The molecular weight excluding hydrogens is 350 g/mol. The standard InChI is InChI=1S/C12H15Br2NO2/c13-4-6-17-7-5-15-12(16)9-10-2-1-3-11(14)8-10/h1-3,8H,4-7,9H2,(H,15,16). The molecule has 0 aliphatic heterocycles. The first-order valence-electron chi connectivity index (χ1n) is 5.37. The van der Waals surface area contributed by atoms with Gasteiger partial charge in [0.25, 0.3) is 0 Å². The van der Waals surface area contributed by atoms with Gasteiger partial charge < -0.3 is 10.1 Å². The Morgan fingerprint density at radius 3 is 2.88 bits per heavy atom. The quantitative estimate of drug-likeness (QED) is 0.596. The number of benzene rings is 1. The minimum absolute atomic E-state index is 0.0190. The Morgan fingerprint density at radius 1 is 1.35 bits per heavy atom. The van der Waals surface area contributed by atoms with Gasteiger partial charge in [0.05, 0.1) is 19.6 Å². The van der Waals surface area contributed by atoms with E-state index in [0.29, 0.717) is 26.2 Å². The number of rotatable bonds is 7. The molecule has 0 heterocycles. The molecule has 0 bridgehead atoms. The van der Waals surface area contributed by atoms with Crippen molar-refractivity contribution < 1.29 is 9.53 Å². The van der Waals surface area contributed by atoms with Crippen molar-refractivity contribution in [1.82, 2.24) is 5.32 Å². The minimum atomic E-state index is 0.0190. The Hall–Kier alpha value is -0.390. The first-order valence-corrected chi connectivity index (χ1v) is 7.28. The number of amides is 1. The van der Waals surface area contributed by atoms with E-state index < -0.39 is 0 Å². The number of hydrogen-bond donors (Lipinski definition) is 1. The molecule has 0 unspecified atom stereocenters. The summed E-state index contributed by atoms with van der Waals surface area (Å²) in [5, 5.41) is 3.63. The Bertz CT molecular complexity index is 358. The van der Waals surface area contributed by atoms with Crippen molar-refractivity contribution in [3.05, 3.63) is 34.3 Å². The lowest BCUT2D eigenvalue weighted by Gasteiger charge is -2.06. The highest BCUT2D eigenvalue weighted by Gasteiger charge is 2.02. The van der Waals surface area contributed by atoms with Crippen LogP contribution in [0, 0.1) is 0 Å². The predicted octanol–water partition coefficient (Wildman–Crippen LogP) is 2.52. The Morgan fingerprint density at radius 2 is 2.18 bits per heavy atom. The number of ether oxygens (including phenoxy) is 1. The summed E-state index contributed by atoms with van der Waals surface area (Å²) in [6.45, 7) is 1.77. The highest BCUT2D eigenvalue weighted by molar-refractivity contribution is 9.10. The number of alkyl halides is 1. The van der Waals surface area contributed by atoms with Crippen LogP contribution in [0.3, 0.4) is 0 Å². The van der Waals surface area contributed by atoms with E-state index in [4.69, 9.17) is 4.74 Å². The van der Waals surface area contributed by atoms with Gasteiger partial charge in [-0.1, -0.05) is 44.0 Å². The average molecular weight is 365 g/mol. The fourth-order valence-electron chi connectivity index (χ4n) is 1.31. The highest BCUT2D eigenvalue weighted by atomic mass is 79.9. The third-order valence-electron chi connectivity index (χ3n) is 2.04. The summed E-state index contributed by atoms with van der Waals surface area (Å²) in [6, 6.07) is 7.74. The van der Waals surface area contributed by atoms with Crippen LogP contribution in [0.4, 0.5) is 0 Å². The van der Waals surface area contributed by atoms with Crippen molar-refractivity contribution in [3.63, 3.8) is 0 Å². The summed E-state index contributed by atoms with van der Waals surface area (Å²) in [7, 11) is 0. The molecule has 3 nitrogen and oxygen atoms in total. The number of nitrogens with one attached hydrogen (secondary N) is 1. The summed E-state index contributed by atoms with van der Waals surface area (Å²) in [6.07, 6.45) is 0.401. The van der Waals surface area contributed by atoms with Crippen molar-refractivity contribution in [2.45, 2.75) is 6.42 Å². The highest BCUT2D eigenvalue weighted by Crippen LogP contribution is 2.11. The van der Waals surface area contributed by atoms with Gasteiger partial charge in [-0.25, -0.2) is 0 Å². The Kier molecular flexibility index (Phi) is 7.48. The number of carbonyl (C=O) groups excluding carboxylic acids is 1. The van der Waals surface area contributed by atoms with E-state index in [1.807, 2.05) is 24.3 Å². The molecule has 1 N–H and O–H groups in total. The fourth-order valence-corrected chi connectivity index (χ4v) is 1.99. The largest absolute Gasteiger partial charge is 0.379 e. The molecule has 0 spiro atoms. The summed E-state index contributed by atoms with van der Waals surface area (Å²) < 4.78 is 6.22. The van der Waals surface area contributed by atoms with Crippen molar-refractivity contribution in [2.75, 3.05) is 25.1 Å². The molecule has 0 aliphatic rings. The smallest absolute Gasteiger partial charge is 0.224 e. The van der Waals surface area contributed by atoms with Crippen LogP contribution < -0.4 is 5.32 Å². The molecule has 1 aromatic rings. The van der Waals surface area contributed by atoms with Crippen molar-refractivity contribution in [2.24, 2.45) is 0 Å². The fraction of sp³-hybridized carbons (Fsp3) is 0.417. The van der Waals surface area contributed by atoms with Crippen LogP contribution in [0.2, 0.25) is 0 Å². The maximum Gasteiger partial charge on any atom is 0.224 e. The van der Waals surface area contributed by atoms with Crippen molar-refractivity contribution in [3.8, 4) is 0 Å². The van der Waals surface area contributed by atoms with Crippen LogP contribution >= 0.6 is 31.9 Å². The normalized spacial score (nSPS) is 10.2. The molecule has 0 atom stereocenters. The van der Waals surface area contributed by atoms with Gasteiger partial charge in [0, 0.05) is 16.3 Å². The predicted molar refractivity (Wildman–Crippen MR) is 75.5 cm³/mol. The van der Waals surface area contributed by atoms with E-state index in [1.165, 1.54) is 0 Å². The van der Waals surface area contributed by atoms with Crippen molar-refractivity contribution >= 4 is 37.8 Å². The second-order valence-corrected chi connectivity index (χ2v) is 5.17. The molecule has 1 amide bonds. The van der Waals surface area contributed by atoms with Gasteiger partial charge in [-0.05, 0) is 17.7 Å². The maximum absolute atomic E-state index is 11.6. The molecule has 0 fully saturated rings. The molecule has 5 heteroatoms. The first-order chi connectivity index (χ1) is 8.22. The maximum atomic E-state index is 11.6. The lowest BCUT2D eigenvalue weighted by molar-refractivity contribution is -0.120. The molecule has 0 aromatic heterocycles. The van der Waals surface area contributed by atoms with E-state index >= 15 is 0 Å². The van der Waals surface area contributed by atoms with E-state index in [2.05, 4.69) is 37.2 Å². The molecule has 17 heavy (non-hydrogen) atoms. The third kappa shape index (κ3) is 6.81. The molecule has 1 aromatic carbocycles. The molecule has 0 aliphatic carbocycles. The zero-order valence-corrected chi connectivity index (χ0v) is 12.6. The van der Waals surface area contributed by atoms with Crippen LogP contribution in [-0.4, -0.2) is 31.0 Å². The van der Waals surface area contributed by atoms with Crippen molar-refractivity contribution in [1.29, 1.82) is 0 Å². The monoisotopic (exact) mass is 363 g/mol. The average Bonchev–Trinajstić information content (AvgIpc) is 2.29. The first kappa shape index (κ1) is 14.7.